The molecule has 1 amide bonds. The molecule has 0 unspecified atom stereocenters. The summed E-state index contributed by atoms with van der Waals surface area (Å²) in [4.78, 5) is 25.8. The van der Waals surface area contributed by atoms with Crippen LogP contribution in [0.2, 0.25) is 0 Å². The number of nitrogens with one attached hydrogen (secondary N) is 1. The molecule has 0 aliphatic carbocycles. The minimum atomic E-state index is -0.815. The van der Waals surface area contributed by atoms with E-state index in [1.165, 1.54) is 11.1 Å². The number of anilines is 1. The third kappa shape index (κ3) is 10.9. The molecule has 1 fully saturated rings. The Kier molecular flexibility index (Phi) is 12.7. The second-order valence-electron chi connectivity index (χ2n) is 12.1. The Labute approximate surface area is 277 Å². The summed E-state index contributed by atoms with van der Waals surface area (Å²) in [5.74, 6) is -0.926. The molecule has 8 heteroatoms. The molecule has 0 bridgehead atoms. The molecule has 1 aliphatic rings. The highest BCUT2D eigenvalue weighted by Crippen LogP contribution is 2.39. The number of ether oxygens (including phenoxy) is 2. The Morgan fingerprint density at radius 1 is 0.723 bits per heavy atom. The molecule has 0 spiro atoms. The van der Waals surface area contributed by atoms with Crippen LogP contribution in [0.15, 0.2) is 109 Å². The molecule has 8 nitrogen and oxygen atoms in total. The number of hydrogen-bond donors (Lipinski definition) is 3. The van der Waals surface area contributed by atoms with E-state index in [1.807, 2.05) is 60.7 Å². The Bertz CT molecular complexity index is 1510. The Morgan fingerprint density at radius 3 is 2.02 bits per heavy atom. The molecular formula is C39H44N2O6. The van der Waals surface area contributed by atoms with Gasteiger partial charge in [0.1, 0.15) is 0 Å². The van der Waals surface area contributed by atoms with Gasteiger partial charge in [0.15, 0.2) is 6.29 Å². The SMILES string of the molecule is O=C(O)CCCCCC(=O)Nc1cccc([C@@H]2O[C@H](CN(Cc3ccccc3)Cc3ccccc3)C[C@H](c3ccc(CO)cc3)O2)c1. The van der Waals surface area contributed by atoms with Crippen LogP contribution < -0.4 is 5.32 Å². The lowest BCUT2D eigenvalue weighted by molar-refractivity contribution is -0.253. The van der Waals surface area contributed by atoms with E-state index in [0.29, 0.717) is 44.3 Å². The van der Waals surface area contributed by atoms with Gasteiger partial charge in [-0.1, -0.05) is 103 Å². The van der Waals surface area contributed by atoms with E-state index in [9.17, 15) is 14.7 Å². The van der Waals surface area contributed by atoms with E-state index >= 15 is 0 Å². The van der Waals surface area contributed by atoms with Gasteiger partial charge in [-0.15, -0.1) is 0 Å². The zero-order chi connectivity index (χ0) is 32.8. The first-order valence-electron chi connectivity index (χ1n) is 16.4. The van der Waals surface area contributed by atoms with Gasteiger partial charge in [0.2, 0.25) is 5.91 Å². The summed E-state index contributed by atoms with van der Waals surface area (Å²) in [5.41, 5.74) is 5.79. The zero-order valence-electron chi connectivity index (χ0n) is 26.7. The van der Waals surface area contributed by atoms with Gasteiger partial charge < -0.3 is 25.0 Å². The van der Waals surface area contributed by atoms with Crippen molar-refractivity contribution >= 4 is 17.6 Å². The van der Waals surface area contributed by atoms with Gasteiger partial charge >= 0.3 is 5.97 Å². The van der Waals surface area contributed by atoms with Crippen LogP contribution in [0.3, 0.4) is 0 Å². The summed E-state index contributed by atoms with van der Waals surface area (Å²) >= 11 is 0. The van der Waals surface area contributed by atoms with E-state index in [2.05, 4.69) is 58.7 Å². The van der Waals surface area contributed by atoms with Gasteiger partial charge in [-0.2, -0.15) is 0 Å². The van der Waals surface area contributed by atoms with Crippen LogP contribution in [-0.2, 0) is 38.8 Å². The van der Waals surface area contributed by atoms with E-state index < -0.39 is 12.3 Å². The van der Waals surface area contributed by atoms with Crippen LogP contribution in [0.25, 0.3) is 0 Å². The minimum Gasteiger partial charge on any atom is -0.481 e. The third-order valence-electron chi connectivity index (χ3n) is 8.31. The van der Waals surface area contributed by atoms with Gasteiger partial charge in [0, 0.05) is 50.1 Å². The number of nitrogens with zero attached hydrogens (tertiary/aromatic N) is 1. The number of rotatable bonds is 16. The molecule has 1 saturated heterocycles. The molecule has 0 aromatic heterocycles. The number of carboxylic acid groups (broad SMARTS) is 1. The van der Waals surface area contributed by atoms with Crippen LogP contribution in [0.1, 0.15) is 78.7 Å². The number of carboxylic acids is 1. The van der Waals surface area contributed by atoms with Crippen LogP contribution in [0, 0.1) is 0 Å². The van der Waals surface area contributed by atoms with Crippen molar-refractivity contribution in [2.45, 2.75) is 76.7 Å². The molecular weight excluding hydrogens is 592 g/mol. The third-order valence-corrected chi connectivity index (χ3v) is 8.31. The first-order chi connectivity index (χ1) is 22.9. The lowest BCUT2D eigenvalue weighted by atomic mass is 9.99. The molecule has 1 aliphatic heterocycles. The number of aliphatic hydroxyl groups is 1. The van der Waals surface area contributed by atoms with Crippen molar-refractivity contribution in [2.24, 2.45) is 0 Å². The number of aliphatic carboxylic acids is 1. The number of carbonyl (C=O) groups is 2. The maximum absolute atomic E-state index is 12.6. The van der Waals surface area contributed by atoms with E-state index in [-0.39, 0.29) is 31.1 Å². The average Bonchev–Trinajstić information content (AvgIpc) is 3.09. The standard InChI is InChI=1S/C39H44N2O6/c42-28-31-19-21-32(22-20-31)36-24-35(27-41(25-29-11-4-1-5-12-29)26-30-13-6-2-7-14-30)46-39(47-36)33-15-10-16-34(23-33)40-37(43)17-8-3-9-18-38(44)45/h1-2,4-7,10-16,19-23,35-36,39,42H,3,8-9,17-18,24-28H2,(H,40,43)(H,44,45)/t35-,36+,39+/m0/s1. The fourth-order valence-corrected chi connectivity index (χ4v) is 5.91. The highest BCUT2D eigenvalue weighted by atomic mass is 16.7. The quantitative estimate of drug-likeness (QED) is 0.110. The highest BCUT2D eigenvalue weighted by molar-refractivity contribution is 5.90. The van der Waals surface area contributed by atoms with Crippen molar-refractivity contribution in [3.8, 4) is 0 Å². The van der Waals surface area contributed by atoms with Gasteiger partial charge in [-0.05, 0) is 47.2 Å². The fourth-order valence-electron chi connectivity index (χ4n) is 5.91. The summed E-state index contributed by atoms with van der Waals surface area (Å²) < 4.78 is 13.3. The molecule has 5 rings (SSSR count). The lowest BCUT2D eigenvalue weighted by Crippen LogP contribution is -2.39. The van der Waals surface area contributed by atoms with Crippen LogP contribution in [0.5, 0.6) is 0 Å². The van der Waals surface area contributed by atoms with Crippen molar-refractivity contribution in [1.29, 1.82) is 0 Å². The van der Waals surface area contributed by atoms with Crippen molar-refractivity contribution in [2.75, 3.05) is 11.9 Å². The fraction of sp³-hybridized carbons (Fsp3) is 0.333. The maximum atomic E-state index is 12.6. The number of unbranched alkanes of at least 4 members (excludes halogenated alkanes) is 2. The monoisotopic (exact) mass is 636 g/mol. The molecule has 4 aromatic carbocycles. The van der Waals surface area contributed by atoms with Crippen molar-refractivity contribution < 1.29 is 29.3 Å². The topological polar surface area (TPSA) is 108 Å². The Morgan fingerprint density at radius 2 is 1.38 bits per heavy atom. The molecule has 0 radical (unpaired) electrons. The maximum Gasteiger partial charge on any atom is 0.303 e. The first kappa shape index (κ1) is 34.0. The summed E-state index contributed by atoms with van der Waals surface area (Å²) in [6.45, 7) is 2.21. The molecule has 0 saturated carbocycles. The van der Waals surface area contributed by atoms with Gasteiger partial charge in [0.25, 0.3) is 0 Å². The second kappa shape index (κ2) is 17.5. The van der Waals surface area contributed by atoms with Crippen LogP contribution >= 0.6 is 0 Å². The van der Waals surface area contributed by atoms with Crippen LogP contribution in [0.4, 0.5) is 5.69 Å². The highest BCUT2D eigenvalue weighted by Gasteiger charge is 2.33. The number of hydrogen-bond acceptors (Lipinski definition) is 6. The zero-order valence-corrected chi connectivity index (χ0v) is 26.7. The number of carbonyl (C=O) groups excluding carboxylic acids is 1. The summed E-state index contributed by atoms with van der Waals surface area (Å²) in [6, 6.07) is 36.3. The van der Waals surface area contributed by atoms with Crippen molar-refractivity contribution in [3.05, 3.63) is 137 Å². The predicted octanol–water partition coefficient (Wildman–Crippen LogP) is 7.40. The molecule has 3 N–H and O–H groups in total. The molecule has 1 heterocycles. The Balaban J connectivity index is 1.32. The number of benzene rings is 4. The molecule has 4 aromatic rings. The summed E-state index contributed by atoms with van der Waals surface area (Å²) in [5, 5.41) is 21.4. The van der Waals surface area contributed by atoms with E-state index in [4.69, 9.17) is 14.6 Å². The second-order valence-corrected chi connectivity index (χ2v) is 12.1. The predicted molar refractivity (Wildman–Crippen MR) is 181 cm³/mol. The summed E-state index contributed by atoms with van der Waals surface area (Å²) in [7, 11) is 0. The number of aliphatic hydroxyl groups excluding tert-OH is 1. The van der Waals surface area contributed by atoms with Gasteiger partial charge in [-0.25, -0.2) is 0 Å². The van der Waals surface area contributed by atoms with Crippen LogP contribution in [-0.4, -0.2) is 39.6 Å². The van der Waals surface area contributed by atoms with Crippen molar-refractivity contribution in [3.63, 3.8) is 0 Å². The smallest absolute Gasteiger partial charge is 0.303 e. The largest absolute Gasteiger partial charge is 0.481 e. The van der Waals surface area contributed by atoms with E-state index in [1.54, 1.807) is 0 Å². The minimum absolute atomic E-state index is 0.0189. The van der Waals surface area contributed by atoms with Gasteiger partial charge in [0.05, 0.1) is 18.8 Å². The van der Waals surface area contributed by atoms with E-state index in [0.717, 1.165) is 29.8 Å². The van der Waals surface area contributed by atoms with Gasteiger partial charge in [-0.3, -0.25) is 14.5 Å². The Hall–Kier alpha value is -4.34. The molecule has 47 heavy (non-hydrogen) atoms. The normalized spacial score (nSPS) is 17.8. The first-order valence-corrected chi connectivity index (χ1v) is 16.4. The molecule has 3 atom stereocenters. The molecule has 246 valence electrons. The average molecular weight is 637 g/mol. The number of amides is 1. The lowest BCUT2D eigenvalue weighted by Gasteiger charge is -2.38. The summed E-state index contributed by atoms with van der Waals surface area (Å²) in [6.07, 6.45) is 1.96. The van der Waals surface area contributed by atoms with Crippen molar-refractivity contribution in [1.82, 2.24) is 4.90 Å².